The Morgan fingerprint density at radius 1 is 1.57 bits per heavy atom. The van der Waals surface area contributed by atoms with E-state index in [-0.39, 0.29) is 6.03 Å². The van der Waals surface area contributed by atoms with Gasteiger partial charge < -0.3 is 15.3 Å². The van der Waals surface area contributed by atoms with Crippen molar-refractivity contribution >= 4 is 23.3 Å². The zero-order chi connectivity index (χ0) is 15.5. The van der Waals surface area contributed by atoms with Crippen LogP contribution in [0.5, 0.6) is 0 Å². The highest BCUT2D eigenvalue weighted by Gasteiger charge is 2.45. The Hall–Kier alpha value is -1.63. The minimum absolute atomic E-state index is 0.206. The van der Waals surface area contributed by atoms with Crippen LogP contribution in [0.25, 0.3) is 0 Å². The number of aliphatic carboxylic acids is 1. The third-order valence-corrected chi connectivity index (χ3v) is 4.80. The van der Waals surface area contributed by atoms with Crippen molar-refractivity contribution in [3.63, 3.8) is 0 Å². The summed E-state index contributed by atoms with van der Waals surface area (Å²) >= 11 is 1.55. The maximum Gasteiger partial charge on any atom is 0.317 e. The van der Waals surface area contributed by atoms with Gasteiger partial charge in [-0.15, -0.1) is 11.3 Å². The molecule has 2 amide bonds. The van der Waals surface area contributed by atoms with E-state index < -0.39 is 11.4 Å². The predicted molar refractivity (Wildman–Crippen MR) is 80.3 cm³/mol. The fourth-order valence-corrected chi connectivity index (χ4v) is 3.48. The highest BCUT2D eigenvalue weighted by Crippen LogP contribution is 2.35. The Kier molecular flexibility index (Phi) is 4.82. The number of thiazole rings is 1. The van der Waals surface area contributed by atoms with Crippen molar-refractivity contribution in [1.82, 2.24) is 15.2 Å². The molecule has 1 aromatic rings. The molecule has 1 saturated heterocycles. The molecule has 0 bridgehead atoms. The molecule has 21 heavy (non-hydrogen) atoms. The second-order valence-electron chi connectivity index (χ2n) is 5.53. The first-order valence-corrected chi connectivity index (χ1v) is 7.96. The van der Waals surface area contributed by atoms with E-state index in [1.807, 2.05) is 13.8 Å². The molecule has 0 aromatic carbocycles. The number of nitrogens with zero attached hydrogens (tertiary/aromatic N) is 2. The summed E-state index contributed by atoms with van der Waals surface area (Å²) in [7, 11) is 0. The smallest absolute Gasteiger partial charge is 0.317 e. The third-order valence-electron chi connectivity index (χ3n) is 3.88. The molecule has 0 aliphatic carbocycles. The number of rotatable bonds is 5. The van der Waals surface area contributed by atoms with Crippen molar-refractivity contribution < 1.29 is 14.7 Å². The summed E-state index contributed by atoms with van der Waals surface area (Å²) in [5.74, 6) is -0.796. The number of urea groups is 1. The van der Waals surface area contributed by atoms with Gasteiger partial charge in [0.1, 0.15) is 5.01 Å². The Labute approximate surface area is 128 Å². The van der Waals surface area contributed by atoms with E-state index in [1.165, 1.54) is 0 Å². The van der Waals surface area contributed by atoms with Gasteiger partial charge in [0.05, 0.1) is 12.0 Å². The van der Waals surface area contributed by atoms with Gasteiger partial charge in [-0.1, -0.05) is 13.3 Å². The van der Waals surface area contributed by atoms with Crippen molar-refractivity contribution in [2.24, 2.45) is 5.41 Å². The maximum atomic E-state index is 12.1. The summed E-state index contributed by atoms with van der Waals surface area (Å²) < 4.78 is 0. The lowest BCUT2D eigenvalue weighted by Crippen LogP contribution is -2.41. The molecular formula is C14H21N3O3S. The monoisotopic (exact) mass is 311 g/mol. The maximum absolute atomic E-state index is 12.1. The van der Waals surface area contributed by atoms with Crippen molar-refractivity contribution in [3.05, 3.63) is 16.1 Å². The molecular weight excluding hydrogens is 290 g/mol. The number of carboxylic acid groups (broad SMARTS) is 1. The van der Waals surface area contributed by atoms with Crippen molar-refractivity contribution in [1.29, 1.82) is 0 Å². The third kappa shape index (κ3) is 3.53. The van der Waals surface area contributed by atoms with Gasteiger partial charge in [-0.05, 0) is 19.8 Å². The number of carboxylic acids is 1. The number of amides is 2. The highest BCUT2D eigenvalue weighted by atomic mass is 32.1. The first kappa shape index (κ1) is 15.8. The molecule has 1 aromatic heterocycles. The van der Waals surface area contributed by atoms with Gasteiger partial charge in [0, 0.05) is 24.2 Å². The zero-order valence-corrected chi connectivity index (χ0v) is 13.2. The van der Waals surface area contributed by atoms with Crippen molar-refractivity contribution in [2.75, 3.05) is 13.1 Å². The molecule has 6 nitrogen and oxygen atoms in total. The Morgan fingerprint density at radius 3 is 2.90 bits per heavy atom. The molecule has 1 aliphatic rings. The van der Waals surface area contributed by atoms with Crippen LogP contribution in [0, 0.1) is 12.3 Å². The van der Waals surface area contributed by atoms with E-state index in [2.05, 4.69) is 10.3 Å². The van der Waals surface area contributed by atoms with E-state index in [1.54, 1.807) is 22.4 Å². The van der Waals surface area contributed by atoms with Crippen LogP contribution in [0.3, 0.4) is 0 Å². The average molecular weight is 311 g/mol. The number of nitrogens with one attached hydrogen (secondary N) is 1. The van der Waals surface area contributed by atoms with Crippen LogP contribution in [-0.2, 0) is 11.3 Å². The summed E-state index contributed by atoms with van der Waals surface area (Å²) in [6.07, 6.45) is 3.72. The van der Waals surface area contributed by atoms with E-state index in [0.717, 1.165) is 16.3 Å². The minimum Gasteiger partial charge on any atom is -0.481 e. The lowest BCUT2D eigenvalue weighted by molar-refractivity contribution is -0.148. The summed E-state index contributed by atoms with van der Waals surface area (Å²) in [5.41, 5.74) is -0.774. The van der Waals surface area contributed by atoms with E-state index >= 15 is 0 Å². The van der Waals surface area contributed by atoms with Gasteiger partial charge in [-0.25, -0.2) is 9.78 Å². The number of aromatic nitrogens is 1. The van der Waals surface area contributed by atoms with Crippen LogP contribution in [0.1, 0.15) is 36.1 Å². The Morgan fingerprint density at radius 2 is 2.33 bits per heavy atom. The quantitative estimate of drug-likeness (QED) is 0.873. The van der Waals surface area contributed by atoms with E-state index in [9.17, 15) is 14.7 Å². The van der Waals surface area contributed by atoms with Crippen LogP contribution in [0.2, 0.25) is 0 Å². The first-order valence-electron chi connectivity index (χ1n) is 7.14. The van der Waals surface area contributed by atoms with Gasteiger partial charge in [0.25, 0.3) is 0 Å². The fourth-order valence-electron chi connectivity index (χ4n) is 2.76. The van der Waals surface area contributed by atoms with Crippen LogP contribution >= 0.6 is 11.3 Å². The van der Waals surface area contributed by atoms with Gasteiger partial charge in [-0.3, -0.25) is 4.79 Å². The van der Waals surface area contributed by atoms with Gasteiger partial charge in [0.15, 0.2) is 0 Å². The molecule has 0 saturated carbocycles. The molecule has 7 heteroatoms. The summed E-state index contributed by atoms with van der Waals surface area (Å²) in [6, 6.07) is -0.206. The molecule has 0 radical (unpaired) electrons. The number of likely N-dealkylation sites (tertiary alicyclic amines) is 1. The molecule has 2 N–H and O–H groups in total. The second kappa shape index (κ2) is 6.43. The topological polar surface area (TPSA) is 82.5 Å². The van der Waals surface area contributed by atoms with Gasteiger partial charge in [-0.2, -0.15) is 0 Å². The van der Waals surface area contributed by atoms with Crippen molar-refractivity contribution in [2.45, 2.75) is 39.7 Å². The van der Waals surface area contributed by atoms with Crippen LogP contribution in [0.15, 0.2) is 6.20 Å². The molecule has 2 heterocycles. The van der Waals surface area contributed by atoms with Crippen LogP contribution in [0.4, 0.5) is 4.79 Å². The summed E-state index contributed by atoms with van der Waals surface area (Å²) in [5, 5.41) is 13.1. The highest BCUT2D eigenvalue weighted by molar-refractivity contribution is 7.11. The first-order chi connectivity index (χ1) is 9.97. The number of hydrogen-bond donors (Lipinski definition) is 2. The fraction of sp³-hybridized carbons (Fsp3) is 0.643. The Balaban J connectivity index is 1.91. The summed E-state index contributed by atoms with van der Waals surface area (Å²) in [6.45, 7) is 5.11. The van der Waals surface area contributed by atoms with Gasteiger partial charge >= 0.3 is 12.0 Å². The molecule has 1 aliphatic heterocycles. The summed E-state index contributed by atoms with van der Waals surface area (Å²) in [4.78, 5) is 30.5. The molecule has 2 rings (SSSR count). The largest absolute Gasteiger partial charge is 0.481 e. The van der Waals surface area contributed by atoms with E-state index in [0.29, 0.717) is 32.5 Å². The normalized spacial score (nSPS) is 21.5. The SMILES string of the molecule is CCCC1(C(=O)O)CCN(C(=O)NCc2ncc(C)s2)C1. The zero-order valence-electron chi connectivity index (χ0n) is 12.4. The van der Waals surface area contributed by atoms with Crippen LogP contribution < -0.4 is 5.32 Å². The van der Waals surface area contributed by atoms with Crippen molar-refractivity contribution in [3.8, 4) is 0 Å². The van der Waals surface area contributed by atoms with Crippen LogP contribution in [-0.4, -0.2) is 40.1 Å². The predicted octanol–water partition coefficient (Wildman–Crippen LogP) is 2.24. The number of carbonyl (C=O) groups is 2. The average Bonchev–Trinajstić information content (AvgIpc) is 3.04. The molecule has 1 fully saturated rings. The number of hydrogen-bond acceptors (Lipinski definition) is 4. The lowest BCUT2D eigenvalue weighted by atomic mass is 9.83. The number of carbonyl (C=O) groups excluding carboxylic acids is 1. The Bertz CT molecular complexity index is 531. The second-order valence-corrected chi connectivity index (χ2v) is 6.85. The van der Waals surface area contributed by atoms with E-state index in [4.69, 9.17) is 0 Å². The molecule has 116 valence electrons. The minimum atomic E-state index is -0.796. The molecule has 0 spiro atoms. The van der Waals surface area contributed by atoms with Gasteiger partial charge in [0.2, 0.25) is 0 Å². The lowest BCUT2D eigenvalue weighted by Gasteiger charge is -2.24. The molecule has 1 unspecified atom stereocenters. The standard InChI is InChI=1S/C14H21N3O3S/c1-3-4-14(12(18)19)5-6-17(9-14)13(20)16-8-11-15-7-10(2)21-11/h7H,3-6,8-9H2,1-2H3,(H,16,20)(H,18,19). The molecule has 1 atom stereocenters. The number of aryl methyl sites for hydroxylation is 1.